The van der Waals surface area contributed by atoms with Gasteiger partial charge in [-0.1, -0.05) is 59.8 Å². The molecule has 4 nitrogen and oxygen atoms in total. The quantitative estimate of drug-likeness (QED) is 0.591. The highest BCUT2D eigenvalue weighted by molar-refractivity contribution is 7.99. The molecule has 2 N–H and O–H groups in total. The van der Waals surface area contributed by atoms with Crippen LogP contribution in [0.25, 0.3) is 0 Å². The standard InChI is InChI=1S/C23H22N2O2S/c1-15-13-16(2)21(17(3)14-15)25-23(27)22(26)24-19-11-7-8-12-20(19)28-18-9-5-4-6-10-18/h4-14H,1-3H3,(H,24,26)(H,25,27). The molecule has 3 rings (SSSR count). The summed E-state index contributed by atoms with van der Waals surface area (Å²) in [6.45, 7) is 5.83. The van der Waals surface area contributed by atoms with E-state index in [0.717, 1.165) is 26.5 Å². The third-order valence-electron chi connectivity index (χ3n) is 4.23. The Labute approximate surface area is 169 Å². The first kappa shape index (κ1) is 19.7. The number of hydrogen-bond donors (Lipinski definition) is 2. The van der Waals surface area contributed by atoms with Gasteiger partial charge in [-0.3, -0.25) is 9.59 Å². The van der Waals surface area contributed by atoms with Crippen LogP contribution in [-0.4, -0.2) is 11.8 Å². The molecule has 0 fully saturated rings. The highest BCUT2D eigenvalue weighted by Gasteiger charge is 2.18. The van der Waals surface area contributed by atoms with Crippen molar-refractivity contribution in [2.75, 3.05) is 10.6 Å². The Morgan fingerprint density at radius 1 is 0.750 bits per heavy atom. The van der Waals surface area contributed by atoms with Crippen LogP contribution in [0.2, 0.25) is 0 Å². The number of benzene rings is 3. The maximum Gasteiger partial charge on any atom is 0.314 e. The Balaban J connectivity index is 1.74. The monoisotopic (exact) mass is 390 g/mol. The van der Waals surface area contributed by atoms with Gasteiger partial charge in [-0.15, -0.1) is 0 Å². The van der Waals surface area contributed by atoms with E-state index in [4.69, 9.17) is 0 Å². The number of hydrogen-bond acceptors (Lipinski definition) is 3. The van der Waals surface area contributed by atoms with Gasteiger partial charge in [-0.2, -0.15) is 0 Å². The first-order chi connectivity index (χ1) is 13.4. The van der Waals surface area contributed by atoms with Crippen LogP contribution in [0.1, 0.15) is 16.7 Å². The molecule has 3 aromatic carbocycles. The van der Waals surface area contributed by atoms with E-state index in [-0.39, 0.29) is 0 Å². The first-order valence-corrected chi connectivity index (χ1v) is 9.78. The van der Waals surface area contributed by atoms with Gasteiger partial charge in [-0.25, -0.2) is 0 Å². The summed E-state index contributed by atoms with van der Waals surface area (Å²) in [5.74, 6) is -1.38. The van der Waals surface area contributed by atoms with E-state index in [1.807, 2.05) is 81.4 Å². The Bertz CT molecular complexity index is 993. The fourth-order valence-electron chi connectivity index (χ4n) is 3.00. The molecule has 3 aromatic rings. The van der Waals surface area contributed by atoms with Crippen molar-refractivity contribution in [2.24, 2.45) is 0 Å². The van der Waals surface area contributed by atoms with Crippen molar-refractivity contribution in [3.05, 3.63) is 83.4 Å². The second-order valence-electron chi connectivity index (χ2n) is 6.59. The Morgan fingerprint density at radius 3 is 2.00 bits per heavy atom. The lowest BCUT2D eigenvalue weighted by Crippen LogP contribution is -2.29. The molecule has 0 aliphatic carbocycles. The molecule has 0 heterocycles. The molecule has 0 spiro atoms. The van der Waals surface area contributed by atoms with Crippen molar-refractivity contribution in [3.63, 3.8) is 0 Å². The van der Waals surface area contributed by atoms with Gasteiger partial charge in [0.1, 0.15) is 0 Å². The van der Waals surface area contributed by atoms with Crippen LogP contribution in [0.15, 0.2) is 76.5 Å². The topological polar surface area (TPSA) is 58.2 Å². The molecule has 0 radical (unpaired) electrons. The number of nitrogens with one attached hydrogen (secondary N) is 2. The van der Waals surface area contributed by atoms with E-state index in [1.54, 1.807) is 6.07 Å². The average molecular weight is 391 g/mol. The lowest BCUT2D eigenvalue weighted by molar-refractivity contribution is -0.133. The highest BCUT2D eigenvalue weighted by Crippen LogP contribution is 2.33. The number of para-hydroxylation sites is 1. The van der Waals surface area contributed by atoms with Crippen molar-refractivity contribution >= 4 is 35.0 Å². The molecule has 0 aliphatic heterocycles. The van der Waals surface area contributed by atoms with Crippen LogP contribution < -0.4 is 10.6 Å². The zero-order valence-corrected chi connectivity index (χ0v) is 16.9. The van der Waals surface area contributed by atoms with E-state index in [9.17, 15) is 9.59 Å². The summed E-state index contributed by atoms with van der Waals surface area (Å²) >= 11 is 1.53. The number of anilines is 2. The lowest BCUT2D eigenvalue weighted by Gasteiger charge is -2.14. The molecule has 142 valence electrons. The van der Waals surface area contributed by atoms with E-state index < -0.39 is 11.8 Å². The van der Waals surface area contributed by atoms with Crippen LogP contribution in [0, 0.1) is 20.8 Å². The molecular weight excluding hydrogens is 368 g/mol. The number of rotatable bonds is 4. The molecule has 0 aromatic heterocycles. The molecule has 0 saturated heterocycles. The predicted molar refractivity (Wildman–Crippen MR) is 115 cm³/mol. The van der Waals surface area contributed by atoms with Crippen molar-refractivity contribution in [1.82, 2.24) is 0 Å². The first-order valence-electron chi connectivity index (χ1n) is 8.96. The van der Waals surface area contributed by atoms with E-state index >= 15 is 0 Å². The fraction of sp³-hybridized carbons (Fsp3) is 0.130. The van der Waals surface area contributed by atoms with Crippen molar-refractivity contribution < 1.29 is 9.59 Å². The van der Waals surface area contributed by atoms with Crippen molar-refractivity contribution in [3.8, 4) is 0 Å². The molecule has 5 heteroatoms. The molecule has 0 bridgehead atoms. The largest absolute Gasteiger partial charge is 0.317 e. The highest BCUT2D eigenvalue weighted by atomic mass is 32.2. The normalized spacial score (nSPS) is 10.4. The van der Waals surface area contributed by atoms with Gasteiger partial charge in [0, 0.05) is 15.5 Å². The zero-order chi connectivity index (χ0) is 20.1. The van der Waals surface area contributed by atoms with E-state index in [1.165, 1.54) is 11.8 Å². The van der Waals surface area contributed by atoms with Gasteiger partial charge in [0.15, 0.2) is 0 Å². The molecule has 0 unspecified atom stereocenters. The van der Waals surface area contributed by atoms with Crippen LogP contribution >= 0.6 is 11.8 Å². The summed E-state index contributed by atoms with van der Waals surface area (Å²) in [7, 11) is 0. The van der Waals surface area contributed by atoms with Gasteiger partial charge < -0.3 is 10.6 Å². The van der Waals surface area contributed by atoms with E-state index in [0.29, 0.717) is 11.4 Å². The fourth-order valence-corrected chi connectivity index (χ4v) is 3.92. The maximum atomic E-state index is 12.5. The van der Waals surface area contributed by atoms with Crippen LogP contribution in [0.4, 0.5) is 11.4 Å². The Morgan fingerprint density at radius 2 is 1.32 bits per heavy atom. The summed E-state index contributed by atoms with van der Waals surface area (Å²) in [5, 5.41) is 5.47. The van der Waals surface area contributed by atoms with Crippen molar-refractivity contribution in [1.29, 1.82) is 0 Å². The Kier molecular flexibility index (Phi) is 6.16. The van der Waals surface area contributed by atoms with Crippen molar-refractivity contribution in [2.45, 2.75) is 30.6 Å². The number of amides is 2. The van der Waals surface area contributed by atoms with Crippen LogP contribution in [0.3, 0.4) is 0 Å². The minimum absolute atomic E-state index is 0.605. The molecular formula is C23H22N2O2S. The predicted octanol–water partition coefficient (Wildman–Crippen LogP) is 5.34. The summed E-state index contributed by atoms with van der Waals surface area (Å²) in [5.41, 5.74) is 4.26. The molecule has 0 aliphatic rings. The molecule has 0 saturated carbocycles. The second kappa shape index (κ2) is 8.76. The number of carbonyl (C=O) groups excluding carboxylic acids is 2. The number of aryl methyl sites for hydroxylation is 3. The molecule has 0 atom stereocenters. The minimum Gasteiger partial charge on any atom is -0.317 e. The molecule has 28 heavy (non-hydrogen) atoms. The van der Waals surface area contributed by atoms with Crippen LogP contribution in [-0.2, 0) is 9.59 Å². The lowest BCUT2D eigenvalue weighted by atomic mass is 10.1. The summed E-state index contributed by atoms with van der Waals surface area (Å²) in [6, 6.07) is 21.3. The summed E-state index contributed by atoms with van der Waals surface area (Å²) in [4.78, 5) is 26.9. The van der Waals surface area contributed by atoms with Gasteiger partial charge in [0.2, 0.25) is 0 Å². The van der Waals surface area contributed by atoms with Gasteiger partial charge >= 0.3 is 11.8 Å². The second-order valence-corrected chi connectivity index (χ2v) is 7.71. The minimum atomic E-state index is -0.694. The van der Waals surface area contributed by atoms with Gasteiger partial charge in [-0.05, 0) is 56.2 Å². The summed E-state index contributed by atoms with van der Waals surface area (Å²) in [6.07, 6.45) is 0. The summed E-state index contributed by atoms with van der Waals surface area (Å²) < 4.78 is 0. The number of carbonyl (C=O) groups is 2. The Hall–Kier alpha value is -3.05. The van der Waals surface area contributed by atoms with Gasteiger partial charge in [0.25, 0.3) is 0 Å². The third kappa shape index (κ3) is 4.81. The smallest absolute Gasteiger partial charge is 0.314 e. The van der Waals surface area contributed by atoms with Gasteiger partial charge in [0.05, 0.1) is 5.69 Å². The zero-order valence-electron chi connectivity index (χ0n) is 16.1. The van der Waals surface area contributed by atoms with Crippen LogP contribution in [0.5, 0.6) is 0 Å². The SMILES string of the molecule is Cc1cc(C)c(NC(=O)C(=O)Nc2ccccc2Sc2ccccc2)c(C)c1. The maximum absolute atomic E-state index is 12.5. The third-order valence-corrected chi connectivity index (χ3v) is 5.31. The van der Waals surface area contributed by atoms with E-state index in [2.05, 4.69) is 10.6 Å². The molecule has 2 amide bonds. The average Bonchev–Trinajstić information content (AvgIpc) is 2.66.